The van der Waals surface area contributed by atoms with Crippen molar-refractivity contribution in [3.63, 3.8) is 0 Å². The highest BCUT2D eigenvalue weighted by atomic mass is 32.2. The molecule has 0 radical (unpaired) electrons. The van der Waals surface area contributed by atoms with Crippen LogP contribution < -0.4 is 0 Å². The fourth-order valence-electron chi connectivity index (χ4n) is 1.44. The van der Waals surface area contributed by atoms with E-state index in [0.717, 1.165) is 19.1 Å². The van der Waals surface area contributed by atoms with E-state index in [1.165, 1.54) is 0 Å². The third-order valence-corrected chi connectivity index (χ3v) is 3.46. The second kappa shape index (κ2) is 4.65. The van der Waals surface area contributed by atoms with Crippen molar-refractivity contribution in [3.8, 4) is 0 Å². The van der Waals surface area contributed by atoms with Crippen molar-refractivity contribution in [2.45, 2.75) is 38.1 Å². The van der Waals surface area contributed by atoms with E-state index >= 15 is 0 Å². The Morgan fingerprint density at radius 3 is 2.25 bits per heavy atom. The van der Waals surface area contributed by atoms with E-state index in [0.29, 0.717) is 24.3 Å². The molecule has 0 aliphatic heterocycles. The van der Waals surface area contributed by atoms with Crippen molar-refractivity contribution in [1.82, 2.24) is 0 Å². The summed E-state index contributed by atoms with van der Waals surface area (Å²) in [7, 11) is -5.49. The topological polar surface area (TPSA) is 43.4 Å². The zero-order chi connectivity index (χ0) is 12.4. The molecule has 1 aliphatic carbocycles. The van der Waals surface area contributed by atoms with Crippen molar-refractivity contribution in [2.24, 2.45) is 5.92 Å². The summed E-state index contributed by atoms with van der Waals surface area (Å²) in [4.78, 5) is 0. The van der Waals surface area contributed by atoms with E-state index in [-0.39, 0.29) is 0 Å². The van der Waals surface area contributed by atoms with Gasteiger partial charge in [0.1, 0.15) is 6.26 Å². The predicted molar refractivity (Wildman–Crippen MR) is 51.8 cm³/mol. The first-order chi connectivity index (χ1) is 7.22. The Morgan fingerprint density at radius 1 is 1.31 bits per heavy atom. The van der Waals surface area contributed by atoms with E-state index in [1.807, 2.05) is 6.92 Å². The third kappa shape index (κ3) is 3.40. The average Bonchev–Trinajstić information content (AvgIpc) is 2.15. The molecule has 0 spiro atoms. The molecule has 1 fully saturated rings. The van der Waals surface area contributed by atoms with E-state index in [4.69, 9.17) is 0 Å². The molecule has 0 aromatic heterocycles. The van der Waals surface area contributed by atoms with E-state index in [2.05, 4.69) is 4.18 Å². The van der Waals surface area contributed by atoms with Gasteiger partial charge in [-0.05, 0) is 37.2 Å². The summed E-state index contributed by atoms with van der Waals surface area (Å²) in [5, 5.41) is 0. The number of hydrogen-bond donors (Lipinski definition) is 0. The van der Waals surface area contributed by atoms with Crippen LogP contribution in [0.15, 0.2) is 11.8 Å². The Hall–Kier alpha value is -0.720. The van der Waals surface area contributed by atoms with Gasteiger partial charge >= 0.3 is 15.6 Å². The van der Waals surface area contributed by atoms with Crippen LogP contribution in [0.2, 0.25) is 0 Å². The van der Waals surface area contributed by atoms with Gasteiger partial charge in [-0.3, -0.25) is 0 Å². The lowest BCUT2D eigenvalue weighted by atomic mass is 9.88. The van der Waals surface area contributed by atoms with Crippen LogP contribution in [0, 0.1) is 5.92 Å². The summed E-state index contributed by atoms with van der Waals surface area (Å²) < 4.78 is 60.7. The molecule has 0 saturated heterocycles. The summed E-state index contributed by atoms with van der Waals surface area (Å²) in [6.45, 7) is 2.05. The molecule has 0 aromatic carbocycles. The molecule has 1 aliphatic rings. The monoisotopic (exact) mass is 258 g/mol. The highest BCUT2D eigenvalue weighted by molar-refractivity contribution is 7.87. The van der Waals surface area contributed by atoms with E-state index in [1.54, 1.807) is 0 Å². The van der Waals surface area contributed by atoms with Crippen molar-refractivity contribution in [2.75, 3.05) is 0 Å². The minimum Gasteiger partial charge on any atom is -0.384 e. The molecule has 0 heterocycles. The van der Waals surface area contributed by atoms with Gasteiger partial charge in [-0.2, -0.15) is 21.6 Å². The van der Waals surface area contributed by atoms with Crippen LogP contribution in [0.3, 0.4) is 0 Å². The number of rotatable bonds is 2. The standard InChI is InChI=1S/C9H13F3O3S/c1-7-2-4-8(5-3-7)6-15-16(13,14)9(10,11)12/h6-7H,2-5H2,1H3. The molecule has 1 rings (SSSR count). The van der Waals surface area contributed by atoms with E-state index in [9.17, 15) is 21.6 Å². The minimum absolute atomic E-state index is 0.524. The second-order valence-electron chi connectivity index (χ2n) is 3.95. The van der Waals surface area contributed by atoms with Crippen LogP contribution in [0.4, 0.5) is 13.2 Å². The molecule has 0 bridgehead atoms. The van der Waals surface area contributed by atoms with Crippen molar-refractivity contribution < 1.29 is 25.8 Å². The minimum atomic E-state index is -5.49. The molecule has 0 aromatic rings. The van der Waals surface area contributed by atoms with Gasteiger partial charge < -0.3 is 4.18 Å². The Labute approximate surface area is 92.4 Å². The molecule has 0 unspecified atom stereocenters. The maximum absolute atomic E-state index is 11.9. The molecule has 94 valence electrons. The van der Waals surface area contributed by atoms with Gasteiger partial charge in [0.15, 0.2) is 0 Å². The molecule has 16 heavy (non-hydrogen) atoms. The Bertz CT molecular complexity index is 360. The SMILES string of the molecule is CC1CCC(=COS(=O)(=O)C(F)(F)F)CC1. The number of halogens is 3. The molecule has 0 amide bonds. The first kappa shape index (κ1) is 13.3. The summed E-state index contributed by atoms with van der Waals surface area (Å²) >= 11 is 0. The molecule has 0 atom stereocenters. The van der Waals surface area contributed by atoms with Crippen LogP contribution in [0.25, 0.3) is 0 Å². The van der Waals surface area contributed by atoms with E-state index < -0.39 is 15.6 Å². The quantitative estimate of drug-likeness (QED) is 0.434. The van der Waals surface area contributed by atoms with Crippen molar-refractivity contribution in [1.29, 1.82) is 0 Å². The predicted octanol–water partition coefficient (Wildman–Crippen LogP) is 2.95. The molecular formula is C9H13F3O3S. The van der Waals surface area contributed by atoms with Gasteiger partial charge in [-0.25, -0.2) is 0 Å². The van der Waals surface area contributed by atoms with Gasteiger partial charge in [-0.15, -0.1) is 0 Å². The maximum atomic E-state index is 11.9. The van der Waals surface area contributed by atoms with Crippen LogP contribution >= 0.6 is 0 Å². The number of allylic oxidation sites excluding steroid dienone is 1. The molecule has 1 saturated carbocycles. The average molecular weight is 258 g/mol. The first-order valence-corrected chi connectivity index (χ1v) is 6.30. The number of hydrogen-bond acceptors (Lipinski definition) is 3. The lowest BCUT2D eigenvalue weighted by molar-refractivity contribution is -0.0515. The first-order valence-electron chi connectivity index (χ1n) is 4.90. The highest BCUT2D eigenvalue weighted by Gasteiger charge is 2.48. The molecular weight excluding hydrogens is 245 g/mol. The Morgan fingerprint density at radius 2 is 1.81 bits per heavy atom. The summed E-state index contributed by atoms with van der Waals surface area (Å²) in [5.74, 6) is 0.524. The fraction of sp³-hybridized carbons (Fsp3) is 0.778. The summed E-state index contributed by atoms with van der Waals surface area (Å²) in [6, 6.07) is 0. The maximum Gasteiger partial charge on any atom is 0.534 e. The largest absolute Gasteiger partial charge is 0.534 e. The Balaban J connectivity index is 2.61. The fourth-order valence-corrected chi connectivity index (χ4v) is 1.81. The van der Waals surface area contributed by atoms with Crippen molar-refractivity contribution >= 4 is 10.1 Å². The molecule has 3 nitrogen and oxygen atoms in total. The van der Waals surface area contributed by atoms with Crippen LogP contribution in [0.5, 0.6) is 0 Å². The Kier molecular flexibility index (Phi) is 3.88. The zero-order valence-electron chi connectivity index (χ0n) is 8.75. The lowest BCUT2D eigenvalue weighted by Gasteiger charge is -2.19. The normalized spacial score (nSPS) is 23.0. The summed E-state index contributed by atoms with van der Waals surface area (Å²) in [5.41, 5.74) is -4.74. The number of alkyl halides is 3. The van der Waals surface area contributed by atoms with Gasteiger partial charge in [0, 0.05) is 0 Å². The highest BCUT2D eigenvalue weighted by Crippen LogP contribution is 2.29. The van der Waals surface area contributed by atoms with Gasteiger partial charge in [0.2, 0.25) is 0 Å². The van der Waals surface area contributed by atoms with Crippen LogP contribution in [-0.4, -0.2) is 13.9 Å². The zero-order valence-corrected chi connectivity index (χ0v) is 9.57. The van der Waals surface area contributed by atoms with Gasteiger partial charge in [-0.1, -0.05) is 6.92 Å². The lowest BCUT2D eigenvalue weighted by Crippen LogP contribution is -2.24. The van der Waals surface area contributed by atoms with Gasteiger partial charge in [0.05, 0.1) is 0 Å². The molecule has 0 N–H and O–H groups in total. The smallest absolute Gasteiger partial charge is 0.384 e. The molecule has 7 heteroatoms. The summed E-state index contributed by atoms with van der Waals surface area (Å²) in [6.07, 6.45) is 3.61. The van der Waals surface area contributed by atoms with Crippen LogP contribution in [-0.2, 0) is 14.3 Å². The van der Waals surface area contributed by atoms with Crippen LogP contribution in [0.1, 0.15) is 32.6 Å². The second-order valence-corrected chi connectivity index (χ2v) is 5.52. The van der Waals surface area contributed by atoms with Gasteiger partial charge in [0.25, 0.3) is 0 Å². The van der Waals surface area contributed by atoms with Crippen molar-refractivity contribution in [3.05, 3.63) is 11.8 Å². The third-order valence-electron chi connectivity index (χ3n) is 2.54.